The number of nitrogens with zero attached hydrogens (tertiary/aromatic N) is 4. The number of carbonyl (C=O) groups excluding carboxylic acids is 2. The van der Waals surface area contributed by atoms with Crippen molar-refractivity contribution in [2.45, 2.75) is 65.4 Å². The molecule has 23 heteroatoms. The van der Waals surface area contributed by atoms with Gasteiger partial charge in [-0.25, -0.2) is 13.8 Å². The highest BCUT2D eigenvalue weighted by molar-refractivity contribution is 7.94. The van der Waals surface area contributed by atoms with E-state index >= 15 is 0 Å². The van der Waals surface area contributed by atoms with Crippen LogP contribution >= 0.6 is 42.4 Å². The third-order valence-corrected chi connectivity index (χ3v) is 8.76. The molecule has 3 aromatic rings. The number of rotatable bonds is 16. The number of carboxylic acids is 1. The summed E-state index contributed by atoms with van der Waals surface area (Å²) >= 11 is 17.7. The van der Waals surface area contributed by atoms with Crippen molar-refractivity contribution in [3.8, 4) is 5.69 Å². The summed E-state index contributed by atoms with van der Waals surface area (Å²) in [6.07, 6.45) is 6.64. The molecule has 3 rings (SSSR count). The van der Waals surface area contributed by atoms with E-state index < -0.39 is 55.8 Å². The Morgan fingerprint density at radius 1 is 1.14 bits per heavy atom. The molecule has 2 aromatic carbocycles. The predicted octanol–water partition coefficient (Wildman–Crippen LogP) is 5.07. The number of anilines is 1. The van der Waals surface area contributed by atoms with Gasteiger partial charge in [-0.3, -0.25) is 19.7 Å². The molecular formula is C36H52Cl3F3N5O10PS. The number of alkyl halides is 4. The number of halogens is 6. The van der Waals surface area contributed by atoms with E-state index in [2.05, 4.69) is 36.9 Å². The average Bonchev–Trinajstić information content (AvgIpc) is 3.42. The lowest BCUT2D eigenvalue weighted by atomic mass is 10.0. The highest BCUT2D eigenvalue weighted by atomic mass is 35.5. The molecule has 1 heterocycles. The Balaban J connectivity index is 0.000000888. The first-order chi connectivity index (χ1) is 27.4. The maximum atomic E-state index is 14.2. The number of amides is 1. The first-order valence-electron chi connectivity index (χ1n) is 17.5. The van der Waals surface area contributed by atoms with E-state index in [0.717, 1.165) is 35.4 Å². The molecule has 0 aliphatic carbocycles. The minimum Gasteiger partial charge on any atom is -0.778 e. The highest BCUT2D eigenvalue weighted by Crippen LogP contribution is 2.29. The first-order valence-corrected chi connectivity index (χ1v) is 23.1. The maximum Gasteiger partial charge on any atom is 0.355 e. The van der Waals surface area contributed by atoms with Crippen molar-refractivity contribution < 1.29 is 56.5 Å². The van der Waals surface area contributed by atoms with Gasteiger partial charge < -0.3 is 33.8 Å². The summed E-state index contributed by atoms with van der Waals surface area (Å²) in [6.45, 7) is 5.89. The lowest BCUT2D eigenvalue weighted by Gasteiger charge is -2.31. The molecule has 0 saturated heterocycles. The van der Waals surface area contributed by atoms with Crippen LogP contribution in [0.2, 0.25) is 5.02 Å². The van der Waals surface area contributed by atoms with Gasteiger partial charge in [0, 0.05) is 18.6 Å². The summed E-state index contributed by atoms with van der Waals surface area (Å²) in [4.78, 5) is 65.4. The average molecular weight is 941 g/mol. The Morgan fingerprint density at radius 2 is 1.73 bits per heavy atom. The van der Waals surface area contributed by atoms with Crippen LogP contribution in [0.25, 0.3) is 5.69 Å². The normalized spacial score (nSPS) is 12.8. The van der Waals surface area contributed by atoms with Crippen molar-refractivity contribution >= 4 is 76.8 Å². The summed E-state index contributed by atoms with van der Waals surface area (Å²) < 4.78 is 60.6. The number of ether oxygens (including phenoxy) is 2. The van der Waals surface area contributed by atoms with Crippen LogP contribution in [0.3, 0.4) is 0 Å². The van der Waals surface area contributed by atoms with Gasteiger partial charge >= 0.3 is 24.2 Å². The second-order valence-corrected chi connectivity index (χ2v) is 17.9. The molecule has 3 atom stereocenters. The lowest BCUT2D eigenvalue weighted by molar-refractivity contribution is -0.193. The SMILES string of the molecule is CCOC(=O)C(Cl)Cc1cc(-n2nc(C)n(C(F)F)c2=O)c(F)cc1Cl.CCc1cccc(C)c1N(C(=O)CCl)C(C)COC.C[S+](C)C.O=C(O)CNCP(=O)([O-])O. The fraction of sp³-hybridized carbons (Fsp3) is 0.528. The third kappa shape index (κ3) is 19.9. The monoisotopic (exact) mass is 939 g/mol. The number of hydrogen-bond acceptors (Lipinski definition) is 10. The summed E-state index contributed by atoms with van der Waals surface area (Å²) in [5, 5.41) is 12.5. The van der Waals surface area contributed by atoms with Gasteiger partial charge in [-0.15, -0.1) is 28.3 Å². The van der Waals surface area contributed by atoms with Crippen LogP contribution in [0.5, 0.6) is 0 Å². The van der Waals surface area contributed by atoms with Crippen LogP contribution < -0.4 is 20.8 Å². The highest BCUT2D eigenvalue weighted by Gasteiger charge is 2.26. The van der Waals surface area contributed by atoms with Gasteiger partial charge in [0.15, 0.2) is 5.82 Å². The van der Waals surface area contributed by atoms with Gasteiger partial charge in [-0.1, -0.05) is 36.7 Å². The molecule has 59 heavy (non-hydrogen) atoms. The van der Waals surface area contributed by atoms with E-state index in [-0.39, 0.29) is 57.5 Å². The van der Waals surface area contributed by atoms with Crippen molar-refractivity contribution in [2.24, 2.45) is 0 Å². The smallest absolute Gasteiger partial charge is 0.355 e. The van der Waals surface area contributed by atoms with Crippen molar-refractivity contribution in [2.75, 3.05) is 62.7 Å². The van der Waals surface area contributed by atoms with Crippen LogP contribution in [0.15, 0.2) is 35.1 Å². The molecule has 0 saturated carbocycles. The molecular weight excluding hydrogens is 889 g/mol. The predicted molar refractivity (Wildman–Crippen MR) is 224 cm³/mol. The molecule has 3 unspecified atom stereocenters. The van der Waals surface area contributed by atoms with Crippen LogP contribution in [0.1, 0.15) is 49.8 Å². The van der Waals surface area contributed by atoms with Crippen LogP contribution in [-0.2, 0) is 52.2 Å². The molecule has 0 aliphatic rings. The lowest BCUT2D eigenvalue weighted by Crippen LogP contribution is -2.43. The number of carboxylic acid groups (broad SMARTS) is 1. The Bertz CT molecular complexity index is 1920. The van der Waals surface area contributed by atoms with Crippen molar-refractivity contribution in [1.29, 1.82) is 0 Å². The Kier molecular flexibility index (Phi) is 26.2. The minimum absolute atomic E-state index is 0.0223. The van der Waals surface area contributed by atoms with Crippen molar-refractivity contribution in [3.63, 3.8) is 0 Å². The Hall–Kier alpha value is -3.13. The van der Waals surface area contributed by atoms with Crippen molar-refractivity contribution in [3.05, 3.63) is 74.2 Å². The van der Waals surface area contributed by atoms with E-state index in [1.807, 2.05) is 31.3 Å². The topological polar surface area (TPSA) is 205 Å². The number of esters is 1. The summed E-state index contributed by atoms with van der Waals surface area (Å²) in [6, 6.07) is 8.07. The second kappa shape index (κ2) is 27.7. The fourth-order valence-corrected chi connectivity index (χ4v) is 5.87. The molecule has 1 amide bonds. The van der Waals surface area contributed by atoms with Crippen molar-refractivity contribution in [1.82, 2.24) is 19.7 Å². The van der Waals surface area contributed by atoms with Crippen LogP contribution in [-0.4, -0.2) is 111 Å². The summed E-state index contributed by atoms with van der Waals surface area (Å²) in [5.74, 6) is -3.20. The Morgan fingerprint density at radius 3 is 2.19 bits per heavy atom. The fourth-order valence-electron chi connectivity index (χ4n) is 4.89. The number of aryl methyl sites for hydroxylation is 3. The van der Waals surface area contributed by atoms with Crippen LogP contribution in [0, 0.1) is 19.7 Å². The number of aliphatic carboxylic acids is 1. The standard InChI is InChI=1S/C15H14Cl2F3N3O3.C15H22ClNO2.C3H8NO5P.C3H9S/c1-3-26-13(24)10(17)4-8-5-12(11(18)6-9(8)16)23-15(25)22(14(19)20)7(2)21-23;1-5-13-8-6-7-11(2)15(13)17(14(18)9-16)12(3)10-19-4;5-3(6)1-4-2-10(7,8)9;1-4(2)3/h5-6,10,14H,3-4H2,1-2H3;6-8,12H,5,9-10H2,1-4H3;4H,1-2H2,(H,5,6)(H2,7,8,9);1-3H3/q;;;+1/p-1. The molecule has 0 aliphatic heterocycles. The quantitative estimate of drug-likeness (QED) is 0.0746. The van der Waals surface area contributed by atoms with Gasteiger partial charge in [-0.2, -0.15) is 13.5 Å². The zero-order valence-electron chi connectivity index (χ0n) is 34.1. The van der Waals surface area contributed by atoms with Gasteiger partial charge in [0.1, 0.15) is 30.4 Å². The van der Waals surface area contributed by atoms with Crippen LogP contribution in [0.4, 0.5) is 18.9 Å². The van der Waals surface area contributed by atoms with E-state index in [9.17, 15) is 41.8 Å². The number of hydrogen-bond donors (Lipinski definition) is 3. The molecule has 0 radical (unpaired) electrons. The van der Waals surface area contributed by atoms with E-state index in [1.54, 1.807) is 18.9 Å². The Labute approximate surface area is 359 Å². The second-order valence-electron chi connectivity index (χ2n) is 12.7. The van der Waals surface area contributed by atoms with E-state index in [0.29, 0.717) is 22.2 Å². The molecule has 3 N–H and O–H groups in total. The molecule has 15 nitrogen and oxygen atoms in total. The van der Waals surface area contributed by atoms with Gasteiger partial charge in [-0.05, 0) is 73.8 Å². The minimum atomic E-state index is -4.35. The number of methoxy groups -OCH3 is 1. The van der Waals surface area contributed by atoms with Gasteiger partial charge in [0.2, 0.25) is 5.91 Å². The number of carbonyl (C=O) groups is 3. The first kappa shape index (κ1) is 55.9. The van der Waals surface area contributed by atoms with E-state index in [4.69, 9.17) is 54.3 Å². The summed E-state index contributed by atoms with van der Waals surface area (Å²) in [7, 11) is -2.07. The number of benzene rings is 2. The molecule has 334 valence electrons. The van der Waals surface area contributed by atoms with E-state index in [1.165, 1.54) is 6.92 Å². The zero-order chi connectivity index (χ0) is 45.8. The van der Waals surface area contributed by atoms with Gasteiger partial charge in [0.05, 0.1) is 56.5 Å². The molecule has 0 fully saturated rings. The zero-order valence-corrected chi connectivity index (χ0v) is 38.1. The van der Waals surface area contributed by atoms with Gasteiger partial charge in [0.25, 0.3) is 0 Å². The number of aromatic nitrogens is 3. The number of nitrogens with one attached hydrogen (secondary N) is 1. The summed E-state index contributed by atoms with van der Waals surface area (Å²) in [5.41, 5.74) is 1.84. The molecule has 1 aromatic heterocycles. The third-order valence-electron chi connectivity index (χ3n) is 7.22. The largest absolute Gasteiger partial charge is 0.778 e. The number of para-hydroxylation sites is 1. The maximum absolute atomic E-state index is 14.2. The molecule has 0 spiro atoms. The molecule has 0 bridgehead atoms.